The quantitative estimate of drug-likeness (QED) is 0.578. The van der Waals surface area contributed by atoms with Crippen LogP contribution in [0.2, 0.25) is 0 Å². The Balaban J connectivity index is 1.86. The van der Waals surface area contributed by atoms with Crippen LogP contribution in [0, 0.1) is 0 Å². The van der Waals surface area contributed by atoms with Crippen LogP contribution in [0.3, 0.4) is 0 Å². The Morgan fingerprint density at radius 2 is 1.69 bits per heavy atom. The van der Waals surface area contributed by atoms with Crippen molar-refractivity contribution in [2.24, 2.45) is 0 Å². The predicted molar refractivity (Wildman–Crippen MR) is 113 cm³/mol. The van der Waals surface area contributed by atoms with E-state index in [4.69, 9.17) is 4.74 Å². The highest BCUT2D eigenvalue weighted by Crippen LogP contribution is 2.16. The summed E-state index contributed by atoms with van der Waals surface area (Å²) in [6.45, 7) is 0.461. The van der Waals surface area contributed by atoms with Crippen molar-refractivity contribution in [1.82, 2.24) is 5.32 Å². The van der Waals surface area contributed by atoms with Gasteiger partial charge < -0.3 is 20.1 Å². The van der Waals surface area contributed by atoms with E-state index in [1.165, 1.54) is 7.11 Å². The molecule has 0 saturated heterocycles. The molecule has 0 unspecified atom stereocenters. The second-order valence-electron chi connectivity index (χ2n) is 6.02. The van der Waals surface area contributed by atoms with E-state index in [0.29, 0.717) is 24.2 Å². The van der Waals surface area contributed by atoms with Gasteiger partial charge in [0.15, 0.2) is 0 Å². The normalized spacial score (nSPS) is 10.1. The van der Waals surface area contributed by atoms with Gasteiger partial charge in [-0.1, -0.05) is 24.3 Å². The predicted octanol–water partition coefficient (Wildman–Crippen LogP) is 2.51. The number of esters is 1. The number of methoxy groups -OCH3 is 2. The number of ether oxygens (including phenoxy) is 2. The number of nitrogens with one attached hydrogen (secondary N) is 2. The van der Waals surface area contributed by atoms with Gasteiger partial charge in [-0.15, -0.1) is 11.8 Å². The average Bonchev–Trinajstić information content (AvgIpc) is 2.74. The summed E-state index contributed by atoms with van der Waals surface area (Å²) in [6.07, 6.45) is 0.675. The van der Waals surface area contributed by atoms with E-state index >= 15 is 0 Å². The number of para-hydroxylation sites is 1. The number of carbonyl (C=O) groups is 3. The molecule has 2 aromatic rings. The minimum atomic E-state index is -0.389. The standard InChI is InChI=1S/C21H24N2O5S/c1-27-16-9-7-15(8-10-16)11-12-22-21(26)17-5-3-4-6-18(17)23-19(24)13-29-14-20(25)28-2/h3-10H,11-14H2,1-2H3,(H,22,26)(H,23,24). The lowest BCUT2D eigenvalue weighted by molar-refractivity contribution is -0.137. The maximum absolute atomic E-state index is 12.5. The van der Waals surface area contributed by atoms with Crippen molar-refractivity contribution >= 4 is 35.2 Å². The molecular weight excluding hydrogens is 392 g/mol. The Hall–Kier alpha value is -3.00. The Labute approximate surface area is 174 Å². The minimum Gasteiger partial charge on any atom is -0.497 e. The third-order valence-corrected chi connectivity index (χ3v) is 4.89. The molecule has 0 radical (unpaired) electrons. The highest BCUT2D eigenvalue weighted by atomic mass is 32.2. The second-order valence-corrected chi connectivity index (χ2v) is 7.00. The molecule has 29 heavy (non-hydrogen) atoms. The summed E-state index contributed by atoms with van der Waals surface area (Å²) >= 11 is 1.15. The number of anilines is 1. The number of carbonyl (C=O) groups excluding carboxylic acids is 3. The smallest absolute Gasteiger partial charge is 0.315 e. The zero-order valence-electron chi connectivity index (χ0n) is 16.4. The third kappa shape index (κ3) is 7.50. The molecule has 2 aromatic carbocycles. The number of hydrogen-bond acceptors (Lipinski definition) is 6. The number of rotatable bonds is 10. The van der Waals surface area contributed by atoms with Crippen LogP contribution in [-0.2, 0) is 20.7 Å². The zero-order valence-corrected chi connectivity index (χ0v) is 17.2. The van der Waals surface area contributed by atoms with Gasteiger partial charge in [0.05, 0.1) is 37.0 Å². The SMILES string of the molecule is COC(=O)CSCC(=O)Nc1ccccc1C(=O)NCCc1ccc(OC)cc1. The molecule has 154 valence electrons. The lowest BCUT2D eigenvalue weighted by Crippen LogP contribution is -2.27. The van der Waals surface area contributed by atoms with Crippen molar-refractivity contribution in [3.05, 3.63) is 59.7 Å². The number of amides is 2. The average molecular weight is 416 g/mol. The van der Waals surface area contributed by atoms with Crippen LogP contribution in [0.5, 0.6) is 5.75 Å². The van der Waals surface area contributed by atoms with Crippen molar-refractivity contribution in [3.8, 4) is 5.75 Å². The molecule has 0 heterocycles. The highest BCUT2D eigenvalue weighted by molar-refractivity contribution is 8.00. The zero-order chi connectivity index (χ0) is 21.1. The van der Waals surface area contributed by atoms with Crippen LogP contribution in [0.4, 0.5) is 5.69 Å². The summed E-state index contributed by atoms with van der Waals surface area (Å²) in [5.74, 6) is 0.0144. The molecule has 0 fully saturated rings. The van der Waals surface area contributed by atoms with E-state index in [-0.39, 0.29) is 29.3 Å². The van der Waals surface area contributed by atoms with Gasteiger partial charge in [0.2, 0.25) is 5.91 Å². The first-order valence-electron chi connectivity index (χ1n) is 8.98. The lowest BCUT2D eigenvalue weighted by atomic mass is 10.1. The van der Waals surface area contributed by atoms with E-state index in [1.807, 2.05) is 24.3 Å². The largest absolute Gasteiger partial charge is 0.497 e. The van der Waals surface area contributed by atoms with Crippen molar-refractivity contribution in [1.29, 1.82) is 0 Å². The van der Waals surface area contributed by atoms with Gasteiger partial charge in [0.1, 0.15) is 5.75 Å². The number of benzene rings is 2. The fraction of sp³-hybridized carbons (Fsp3) is 0.286. The summed E-state index contributed by atoms with van der Waals surface area (Å²) in [6, 6.07) is 14.4. The van der Waals surface area contributed by atoms with E-state index in [0.717, 1.165) is 23.1 Å². The maximum Gasteiger partial charge on any atom is 0.315 e. The van der Waals surface area contributed by atoms with Crippen LogP contribution in [0.25, 0.3) is 0 Å². The molecule has 2 amide bonds. The fourth-order valence-corrected chi connectivity index (χ4v) is 3.11. The van der Waals surface area contributed by atoms with E-state index in [9.17, 15) is 14.4 Å². The van der Waals surface area contributed by atoms with Gasteiger partial charge in [-0.2, -0.15) is 0 Å². The van der Waals surface area contributed by atoms with E-state index in [2.05, 4.69) is 15.4 Å². The maximum atomic E-state index is 12.5. The number of thioether (sulfide) groups is 1. The molecular formula is C21H24N2O5S. The summed E-state index contributed by atoms with van der Waals surface area (Å²) < 4.78 is 9.66. The van der Waals surface area contributed by atoms with Gasteiger partial charge in [-0.3, -0.25) is 14.4 Å². The highest BCUT2D eigenvalue weighted by Gasteiger charge is 2.13. The Morgan fingerprint density at radius 3 is 2.38 bits per heavy atom. The van der Waals surface area contributed by atoms with Crippen molar-refractivity contribution in [3.63, 3.8) is 0 Å². The van der Waals surface area contributed by atoms with E-state index < -0.39 is 0 Å². The van der Waals surface area contributed by atoms with Crippen LogP contribution < -0.4 is 15.4 Å². The summed E-state index contributed by atoms with van der Waals surface area (Å²) in [5, 5.41) is 5.58. The van der Waals surface area contributed by atoms with Crippen LogP contribution in [0.1, 0.15) is 15.9 Å². The van der Waals surface area contributed by atoms with Gasteiger partial charge in [-0.05, 0) is 36.2 Å². The Morgan fingerprint density at radius 1 is 0.966 bits per heavy atom. The molecule has 7 nitrogen and oxygen atoms in total. The molecule has 8 heteroatoms. The summed E-state index contributed by atoms with van der Waals surface area (Å²) in [5.41, 5.74) is 1.89. The minimum absolute atomic E-state index is 0.0858. The first-order valence-corrected chi connectivity index (χ1v) is 10.1. The van der Waals surface area contributed by atoms with Gasteiger partial charge in [0, 0.05) is 6.54 Å². The summed E-state index contributed by atoms with van der Waals surface area (Å²) in [4.78, 5) is 35.7. The van der Waals surface area contributed by atoms with E-state index in [1.54, 1.807) is 31.4 Å². The molecule has 0 saturated carbocycles. The molecule has 0 aliphatic rings. The molecule has 0 atom stereocenters. The first kappa shape index (κ1) is 22.3. The second kappa shape index (κ2) is 11.8. The van der Waals surface area contributed by atoms with Crippen molar-refractivity contribution in [2.45, 2.75) is 6.42 Å². The van der Waals surface area contributed by atoms with Gasteiger partial charge in [-0.25, -0.2) is 0 Å². The van der Waals surface area contributed by atoms with Gasteiger partial charge >= 0.3 is 5.97 Å². The molecule has 0 aromatic heterocycles. The fourth-order valence-electron chi connectivity index (χ4n) is 2.47. The molecule has 0 spiro atoms. The molecule has 0 aliphatic heterocycles. The molecule has 0 bridgehead atoms. The van der Waals surface area contributed by atoms with Crippen LogP contribution in [0.15, 0.2) is 48.5 Å². The van der Waals surface area contributed by atoms with Gasteiger partial charge in [0.25, 0.3) is 5.91 Å². The topological polar surface area (TPSA) is 93.7 Å². The van der Waals surface area contributed by atoms with Crippen molar-refractivity contribution < 1.29 is 23.9 Å². The van der Waals surface area contributed by atoms with Crippen molar-refractivity contribution in [2.75, 3.05) is 37.6 Å². The lowest BCUT2D eigenvalue weighted by Gasteiger charge is -2.11. The first-order chi connectivity index (χ1) is 14.0. The Bertz CT molecular complexity index is 839. The Kier molecular flexibility index (Phi) is 9.04. The molecule has 0 aliphatic carbocycles. The third-order valence-electron chi connectivity index (χ3n) is 3.98. The monoisotopic (exact) mass is 416 g/mol. The summed E-state index contributed by atoms with van der Waals surface area (Å²) in [7, 11) is 2.91. The molecule has 2 rings (SSSR count). The number of hydrogen-bond donors (Lipinski definition) is 2. The van der Waals surface area contributed by atoms with Crippen LogP contribution in [-0.4, -0.2) is 50.1 Å². The molecule has 2 N–H and O–H groups in total. The van der Waals surface area contributed by atoms with Crippen LogP contribution >= 0.6 is 11.8 Å².